The van der Waals surface area contributed by atoms with Crippen LogP contribution >= 0.6 is 0 Å². The molecule has 0 unspecified atom stereocenters. The lowest BCUT2D eigenvalue weighted by atomic mass is 9.89. The van der Waals surface area contributed by atoms with E-state index in [0.717, 1.165) is 19.5 Å². The lowest BCUT2D eigenvalue weighted by Crippen LogP contribution is -2.29. The molecule has 0 aliphatic carbocycles. The van der Waals surface area contributed by atoms with Crippen LogP contribution in [0.1, 0.15) is 20.3 Å². The first-order chi connectivity index (χ1) is 8.94. The first-order valence-electron chi connectivity index (χ1n) is 6.90. The number of nitrogens with zero attached hydrogens (tertiary/aromatic N) is 2. The van der Waals surface area contributed by atoms with Crippen molar-refractivity contribution < 1.29 is 0 Å². The average molecular weight is 259 g/mol. The molecule has 0 amide bonds. The Bertz CT molecular complexity index is 554. The Morgan fingerprint density at radius 2 is 1.95 bits per heavy atom. The summed E-state index contributed by atoms with van der Waals surface area (Å²) >= 11 is 0. The summed E-state index contributed by atoms with van der Waals surface area (Å²) in [6.07, 6.45) is 3.31. The number of rotatable bonds is 5. The van der Waals surface area contributed by atoms with Crippen molar-refractivity contribution in [2.75, 3.05) is 25.0 Å². The van der Waals surface area contributed by atoms with Crippen molar-refractivity contribution in [2.45, 2.75) is 20.3 Å². The summed E-state index contributed by atoms with van der Waals surface area (Å²) in [6, 6.07) is 8.54. The van der Waals surface area contributed by atoms with E-state index in [2.05, 4.69) is 67.9 Å². The van der Waals surface area contributed by atoms with Crippen LogP contribution < -0.4 is 10.6 Å². The van der Waals surface area contributed by atoms with Gasteiger partial charge in [-0.25, -0.2) is 0 Å². The summed E-state index contributed by atoms with van der Waals surface area (Å²) in [5.74, 6) is 0. The lowest BCUT2D eigenvalue weighted by molar-refractivity contribution is 0.351. The maximum atomic E-state index is 5.80. The molecule has 104 valence electrons. The molecule has 0 aliphatic heterocycles. The third-order valence-corrected chi connectivity index (χ3v) is 3.96. The van der Waals surface area contributed by atoms with Gasteiger partial charge in [0.1, 0.15) is 0 Å². The fourth-order valence-corrected chi connectivity index (χ4v) is 2.32. The molecule has 19 heavy (non-hydrogen) atoms. The van der Waals surface area contributed by atoms with Gasteiger partial charge in [0.25, 0.3) is 0 Å². The second-order valence-corrected chi connectivity index (χ2v) is 6.18. The van der Waals surface area contributed by atoms with E-state index < -0.39 is 0 Å². The first-order valence-corrected chi connectivity index (χ1v) is 6.90. The highest BCUT2D eigenvalue weighted by Crippen LogP contribution is 2.29. The highest BCUT2D eigenvalue weighted by Gasteiger charge is 2.17. The molecule has 3 heteroatoms. The summed E-state index contributed by atoms with van der Waals surface area (Å²) in [4.78, 5) is 2.33. The summed E-state index contributed by atoms with van der Waals surface area (Å²) in [5.41, 5.74) is 8.59. The van der Waals surface area contributed by atoms with Gasteiger partial charge in [-0.2, -0.15) is 0 Å². The fraction of sp³-hybridized carbons (Fsp3) is 0.500. The minimum atomic E-state index is 0.207. The Hall–Kier alpha value is -1.48. The van der Waals surface area contributed by atoms with Crippen molar-refractivity contribution in [2.24, 2.45) is 18.2 Å². The number of hydrogen-bond acceptors (Lipinski definition) is 2. The zero-order valence-electron chi connectivity index (χ0n) is 12.5. The summed E-state index contributed by atoms with van der Waals surface area (Å²) in [6.45, 7) is 6.21. The lowest BCUT2D eigenvalue weighted by Gasteiger charge is -2.26. The normalized spacial score (nSPS) is 12.1. The van der Waals surface area contributed by atoms with Crippen LogP contribution in [-0.2, 0) is 7.05 Å². The quantitative estimate of drug-likeness (QED) is 0.895. The van der Waals surface area contributed by atoms with E-state index in [9.17, 15) is 0 Å². The van der Waals surface area contributed by atoms with Gasteiger partial charge in [0.2, 0.25) is 0 Å². The molecule has 2 N–H and O–H groups in total. The standard InChI is InChI=1S/C16H25N3/c1-16(2,12-17)9-10-18(3)15-11-19(4)14-8-6-5-7-13(14)15/h5-8,11H,9-10,12,17H2,1-4H3. The third kappa shape index (κ3) is 2.92. The SMILES string of the molecule is CN(CCC(C)(C)CN)c1cn(C)c2ccccc12. The van der Waals surface area contributed by atoms with Crippen LogP contribution in [0.25, 0.3) is 10.9 Å². The van der Waals surface area contributed by atoms with Crippen LogP contribution in [0.4, 0.5) is 5.69 Å². The largest absolute Gasteiger partial charge is 0.373 e. The Morgan fingerprint density at radius 3 is 2.63 bits per heavy atom. The molecule has 3 nitrogen and oxygen atoms in total. The number of aryl methyl sites for hydroxylation is 1. The van der Waals surface area contributed by atoms with Gasteiger partial charge in [-0.05, 0) is 24.4 Å². The van der Waals surface area contributed by atoms with E-state index in [1.54, 1.807) is 0 Å². The average Bonchev–Trinajstić information content (AvgIpc) is 2.74. The van der Waals surface area contributed by atoms with Crippen LogP contribution in [0.5, 0.6) is 0 Å². The van der Waals surface area contributed by atoms with Crippen molar-refractivity contribution in [1.29, 1.82) is 0 Å². The molecule has 1 aromatic carbocycles. The number of para-hydroxylation sites is 1. The van der Waals surface area contributed by atoms with Gasteiger partial charge in [-0.15, -0.1) is 0 Å². The molecule has 0 saturated carbocycles. The van der Waals surface area contributed by atoms with Gasteiger partial charge in [0.15, 0.2) is 0 Å². The number of hydrogen-bond donors (Lipinski definition) is 1. The molecular weight excluding hydrogens is 234 g/mol. The van der Waals surface area contributed by atoms with Crippen LogP contribution in [0, 0.1) is 5.41 Å². The molecular formula is C16H25N3. The smallest absolute Gasteiger partial charge is 0.0623 e. The van der Waals surface area contributed by atoms with Crippen LogP contribution in [0.3, 0.4) is 0 Å². The molecule has 0 radical (unpaired) electrons. The Balaban J connectivity index is 2.20. The molecule has 1 heterocycles. The topological polar surface area (TPSA) is 34.2 Å². The molecule has 0 atom stereocenters. The van der Waals surface area contributed by atoms with Crippen LogP contribution in [0.2, 0.25) is 0 Å². The van der Waals surface area contributed by atoms with Gasteiger partial charge >= 0.3 is 0 Å². The molecule has 0 saturated heterocycles. The maximum Gasteiger partial charge on any atom is 0.0623 e. The molecule has 2 rings (SSSR count). The number of aromatic nitrogens is 1. The molecule has 0 spiro atoms. The number of fused-ring (bicyclic) bond motifs is 1. The number of anilines is 1. The van der Waals surface area contributed by atoms with E-state index in [-0.39, 0.29) is 5.41 Å². The second-order valence-electron chi connectivity index (χ2n) is 6.18. The monoisotopic (exact) mass is 259 g/mol. The highest BCUT2D eigenvalue weighted by atomic mass is 15.1. The number of benzene rings is 1. The van der Waals surface area contributed by atoms with E-state index in [4.69, 9.17) is 5.73 Å². The minimum Gasteiger partial charge on any atom is -0.373 e. The van der Waals surface area contributed by atoms with Crippen molar-refractivity contribution in [3.8, 4) is 0 Å². The van der Waals surface area contributed by atoms with E-state index >= 15 is 0 Å². The highest BCUT2D eigenvalue weighted by molar-refractivity contribution is 5.93. The van der Waals surface area contributed by atoms with Gasteiger partial charge in [0.05, 0.1) is 5.69 Å². The summed E-state index contributed by atoms with van der Waals surface area (Å²) in [5, 5.41) is 1.32. The Labute approximate surface area is 116 Å². The van der Waals surface area contributed by atoms with Gasteiger partial charge in [-0.1, -0.05) is 32.0 Å². The van der Waals surface area contributed by atoms with E-state index in [0.29, 0.717) is 0 Å². The molecule has 2 aromatic rings. The van der Waals surface area contributed by atoms with Crippen molar-refractivity contribution in [3.63, 3.8) is 0 Å². The predicted molar refractivity (Wildman–Crippen MR) is 83.6 cm³/mol. The van der Waals surface area contributed by atoms with E-state index in [1.807, 2.05) is 0 Å². The zero-order chi connectivity index (χ0) is 14.0. The summed E-state index contributed by atoms with van der Waals surface area (Å²) < 4.78 is 2.19. The van der Waals surface area contributed by atoms with Crippen molar-refractivity contribution in [3.05, 3.63) is 30.5 Å². The van der Waals surface area contributed by atoms with Crippen molar-refractivity contribution >= 4 is 16.6 Å². The molecule has 0 aliphatic rings. The fourth-order valence-electron chi connectivity index (χ4n) is 2.32. The summed E-state index contributed by atoms with van der Waals surface area (Å²) in [7, 11) is 4.26. The zero-order valence-corrected chi connectivity index (χ0v) is 12.5. The minimum absolute atomic E-state index is 0.207. The third-order valence-electron chi connectivity index (χ3n) is 3.96. The molecule has 1 aromatic heterocycles. The van der Waals surface area contributed by atoms with E-state index in [1.165, 1.54) is 16.6 Å². The van der Waals surface area contributed by atoms with Crippen molar-refractivity contribution in [1.82, 2.24) is 4.57 Å². The van der Waals surface area contributed by atoms with Gasteiger partial charge in [0, 0.05) is 37.7 Å². The van der Waals surface area contributed by atoms with Gasteiger partial charge in [-0.3, -0.25) is 0 Å². The second kappa shape index (κ2) is 5.25. The van der Waals surface area contributed by atoms with Crippen LogP contribution in [0.15, 0.2) is 30.5 Å². The predicted octanol–water partition coefficient (Wildman–Crippen LogP) is 2.99. The first kappa shape index (κ1) is 13.9. The molecule has 0 bridgehead atoms. The number of nitrogens with two attached hydrogens (primary N) is 1. The molecule has 0 fully saturated rings. The van der Waals surface area contributed by atoms with Crippen LogP contribution in [-0.4, -0.2) is 24.7 Å². The van der Waals surface area contributed by atoms with Gasteiger partial charge < -0.3 is 15.2 Å². The Kier molecular flexibility index (Phi) is 3.85. The Morgan fingerprint density at radius 1 is 1.26 bits per heavy atom. The maximum absolute atomic E-state index is 5.80.